The van der Waals surface area contributed by atoms with Crippen LogP contribution in [0.1, 0.15) is 99.9 Å². The molecule has 4 atom stereocenters. The second-order valence-corrected chi connectivity index (χ2v) is 59.3. The van der Waals surface area contributed by atoms with Crippen molar-refractivity contribution in [2.75, 3.05) is 79.3 Å². The van der Waals surface area contributed by atoms with Gasteiger partial charge in [0.1, 0.15) is 185 Å². The third kappa shape index (κ3) is 34.8. The van der Waals surface area contributed by atoms with Crippen LogP contribution in [0.25, 0.3) is 0 Å². The average Bonchev–Trinajstić information content (AvgIpc) is 0.779. The summed E-state index contributed by atoms with van der Waals surface area (Å²) < 4.78 is 93.1. The van der Waals surface area contributed by atoms with Gasteiger partial charge in [-0.1, -0.05) is 119 Å². The van der Waals surface area contributed by atoms with Crippen LogP contribution < -0.4 is 56.8 Å². The SMILES string of the molecule is CC(C)(c1cc(Br)c(OCC(O)COc2c(Br)cc(Br)cc2Br)c(Br)c1)c1cc(Br)c(OCC(O)COc2c(Br)cc(C(C)(C)c3cc(Br)c(OCC(O)COc4c(Br)cc(Br)cc4Br)c(Br)c3)cc2Br)c(Br)c1.CC(C)(c1cc(Br)c(OCC(O)COc2c(Br)cc(Br)cc2Br)c(Br)c1)c1cc(Br)c(OCC(O)COc2c(Br)cc(C(C)(C)c3cc(Br)c(OCC(O)COc4c(Br)cc(Br)cc4Br)c(Br)c3)cc2Br)c(Br)c1. The molecule has 4 unspecified atom stereocenters. The Bertz CT molecular complexity index is 5750. The molecule has 0 aromatic heterocycles. The Balaban J connectivity index is 0.000000281. The molecule has 46 heteroatoms. The molecule has 12 rings (SSSR count). The number of rotatable bonds is 44. The smallest absolute Gasteiger partial charge is 0.147 e. The van der Waals surface area contributed by atoms with E-state index >= 15 is 0 Å². The van der Waals surface area contributed by atoms with Crippen LogP contribution in [0.3, 0.4) is 0 Å². The molecule has 0 fully saturated rings. The van der Waals surface area contributed by atoms with Crippen molar-refractivity contribution in [3.05, 3.63) is 315 Å². The van der Waals surface area contributed by atoms with Gasteiger partial charge in [-0.25, -0.2) is 0 Å². The first-order valence-corrected chi connectivity index (χ1v) is 65.7. The summed E-state index contributed by atoms with van der Waals surface area (Å²) in [5, 5.41) is 65.1. The fraction of sp³-hybridized carbons (Fsp3) is 0.294. The Morgan fingerprint density at radius 1 is 0.142 bits per heavy atom. The summed E-state index contributed by atoms with van der Waals surface area (Å²) in [6.07, 6.45) is -5.55. The molecule has 12 aromatic carbocycles. The lowest BCUT2D eigenvalue weighted by Crippen LogP contribution is -2.26. The van der Waals surface area contributed by atoms with Crippen LogP contribution >= 0.6 is 446 Å². The number of benzene rings is 12. The van der Waals surface area contributed by atoms with Gasteiger partial charge in [0.15, 0.2) is 0 Å². The van der Waals surface area contributed by atoms with Crippen LogP contribution in [0, 0.1) is 0 Å². The fourth-order valence-corrected chi connectivity index (χ4v) is 35.5. The first-order chi connectivity index (χ1) is 69.3. The van der Waals surface area contributed by atoms with E-state index in [0.717, 1.165) is 98.2 Å². The Kier molecular flexibility index (Phi) is 50.9. The molecule has 0 heterocycles. The van der Waals surface area contributed by atoms with Crippen molar-refractivity contribution in [1.82, 2.24) is 0 Å². The van der Waals surface area contributed by atoms with Gasteiger partial charge in [0.2, 0.25) is 0 Å². The molecule has 0 radical (unpaired) electrons. The van der Waals surface area contributed by atoms with Gasteiger partial charge < -0.3 is 87.5 Å². The highest BCUT2D eigenvalue weighted by Gasteiger charge is 2.35. The Morgan fingerprint density at radius 2 is 0.209 bits per heavy atom. The van der Waals surface area contributed by atoms with Crippen molar-refractivity contribution < 1.29 is 87.5 Å². The molecular weight excluding hydrogens is 3750 g/mol. The number of aliphatic hydroxyl groups excluding tert-OH is 6. The van der Waals surface area contributed by atoms with Crippen LogP contribution in [0.5, 0.6) is 69.0 Å². The van der Waals surface area contributed by atoms with Crippen LogP contribution in [0.2, 0.25) is 0 Å². The summed E-state index contributed by atoms with van der Waals surface area (Å²) in [5.74, 6) is 6.66. The maximum absolute atomic E-state index is 11.1. The second-order valence-electron chi connectivity index (χ2n) is 35.1. The summed E-state index contributed by atoms with van der Waals surface area (Å²) in [5.41, 5.74) is 5.95. The Labute approximate surface area is 1090 Å². The average molecular weight is 3840 g/mol. The van der Waals surface area contributed by atoms with E-state index in [1.807, 2.05) is 146 Å². The van der Waals surface area contributed by atoms with E-state index in [0.29, 0.717) is 141 Å². The first-order valence-electron chi connectivity index (χ1n) is 43.5. The lowest BCUT2D eigenvalue weighted by atomic mass is 9.78. The highest BCUT2D eigenvalue weighted by atomic mass is 79.9. The predicted molar refractivity (Wildman–Crippen MR) is 683 cm³/mol. The zero-order valence-electron chi connectivity index (χ0n) is 78.0. The van der Waals surface area contributed by atoms with E-state index in [-0.39, 0.29) is 79.3 Å². The van der Waals surface area contributed by atoms with Gasteiger partial charge in [0, 0.05) is 39.6 Å². The van der Waals surface area contributed by atoms with Gasteiger partial charge >= 0.3 is 0 Å². The third-order valence-corrected chi connectivity index (χ3v) is 38.6. The number of hydrogen-bond donors (Lipinski definition) is 6. The quantitative estimate of drug-likeness (QED) is 0.0208. The van der Waals surface area contributed by atoms with Gasteiger partial charge in [0.05, 0.1) is 107 Å². The minimum absolute atomic E-state index is 0.000105. The molecule has 148 heavy (non-hydrogen) atoms. The molecule has 0 saturated heterocycles. The van der Waals surface area contributed by atoms with E-state index in [9.17, 15) is 30.6 Å². The summed E-state index contributed by atoms with van der Waals surface area (Å²) in [7, 11) is 0. The molecule has 796 valence electrons. The normalized spacial score (nSPS) is 13.1. The molecule has 0 amide bonds. The van der Waals surface area contributed by atoms with Crippen LogP contribution in [0.15, 0.2) is 271 Å². The minimum Gasteiger partial charge on any atom is -0.488 e. The lowest BCUT2D eigenvalue weighted by molar-refractivity contribution is 0.0615. The monoisotopic (exact) mass is 3810 g/mol. The number of halogens is 28. The number of hydrogen-bond acceptors (Lipinski definition) is 18. The Morgan fingerprint density at radius 3 is 0.284 bits per heavy atom. The van der Waals surface area contributed by atoms with E-state index in [2.05, 4.69) is 501 Å². The number of ether oxygens (including phenoxy) is 12. The molecule has 0 bridgehead atoms. The first kappa shape index (κ1) is 130. The highest BCUT2D eigenvalue weighted by Crippen LogP contribution is 2.53. The maximum Gasteiger partial charge on any atom is 0.147 e. The fourth-order valence-electron chi connectivity index (χ4n) is 14.2. The van der Waals surface area contributed by atoms with Crippen molar-refractivity contribution in [1.29, 1.82) is 0 Å². The number of aliphatic hydroxyl groups is 6. The molecule has 0 aliphatic carbocycles. The summed E-state index contributed by atoms with van der Waals surface area (Å²) in [4.78, 5) is 0. The summed E-state index contributed by atoms with van der Waals surface area (Å²) in [6.45, 7) is 16.8. The second kappa shape index (κ2) is 58.2. The molecule has 0 aliphatic heterocycles. The zero-order valence-corrected chi connectivity index (χ0v) is 122. The maximum atomic E-state index is 11.1. The van der Waals surface area contributed by atoms with Gasteiger partial charge in [0.25, 0.3) is 0 Å². The van der Waals surface area contributed by atoms with Crippen LogP contribution in [-0.2, 0) is 21.7 Å². The minimum atomic E-state index is -0.972. The van der Waals surface area contributed by atoms with Gasteiger partial charge in [-0.3, -0.25) is 0 Å². The molecule has 12 aromatic rings. The van der Waals surface area contributed by atoms with Crippen molar-refractivity contribution in [2.24, 2.45) is 0 Å². The van der Waals surface area contributed by atoms with Crippen molar-refractivity contribution in [3.63, 3.8) is 0 Å². The van der Waals surface area contributed by atoms with Gasteiger partial charge in [-0.15, -0.1) is 0 Å². The standard InChI is InChI=1S/2C51H42Br14O9/c2*1-50(2,25-9-36(58)46(37(59)10-25)71-19-30(67)21-73-48-40(62)13-27(52)14-41(48)63)23-5-32(54)44(33(55)6-23)69-17-29(66)18-70-45-34(56)7-24(8-35(45)57)51(3,4)26-11-38(60)47(39(61)12-26)72-20-31(68)22-74-49-42(64)15-28(53)16-43(49)65/h2*5-16,29-31,66-68H,17-22H2,1-4H3. The van der Waals surface area contributed by atoms with E-state index in [1.54, 1.807) is 0 Å². The summed E-state index contributed by atoms with van der Waals surface area (Å²) in [6, 6.07) is 46.9. The van der Waals surface area contributed by atoms with Crippen molar-refractivity contribution in [2.45, 2.75) is 114 Å². The molecule has 6 N–H and O–H groups in total. The molecule has 0 spiro atoms. The zero-order chi connectivity index (χ0) is 109. The Hall–Kier alpha value is 1.44. The van der Waals surface area contributed by atoms with Gasteiger partial charge in [-0.2, -0.15) is 0 Å². The van der Waals surface area contributed by atoms with E-state index < -0.39 is 58.3 Å². The molecule has 0 aliphatic rings. The summed E-state index contributed by atoms with van der Waals surface area (Å²) >= 11 is 101. The predicted octanol–water partition coefficient (Wildman–Crippen LogP) is 38.9. The van der Waals surface area contributed by atoms with Crippen LogP contribution in [0.4, 0.5) is 0 Å². The third-order valence-electron chi connectivity index (χ3n) is 22.7. The van der Waals surface area contributed by atoms with E-state index in [4.69, 9.17) is 56.8 Å². The van der Waals surface area contributed by atoms with E-state index in [1.165, 1.54) is 0 Å². The largest absolute Gasteiger partial charge is 0.488 e. The van der Waals surface area contributed by atoms with Crippen molar-refractivity contribution in [3.8, 4) is 69.0 Å². The van der Waals surface area contributed by atoms with Crippen LogP contribution in [-0.4, -0.2) is 147 Å². The topological polar surface area (TPSA) is 232 Å². The van der Waals surface area contributed by atoms with Crippen molar-refractivity contribution >= 4 is 446 Å². The molecular formula is C102H84Br28O18. The molecule has 18 nitrogen and oxygen atoms in total. The van der Waals surface area contributed by atoms with Gasteiger partial charge in [-0.05, 0) is 572 Å². The highest BCUT2D eigenvalue weighted by molar-refractivity contribution is 9.15. The lowest BCUT2D eigenvalue weighted by Gasteiger charge is -2.29. The molecule has 0 saturated carbocycles.